The highest BCUT2D eigenvalue weighted by atomic mass is 16.2. The molecule has 1 N–H and O–H groups in total. The summed E-state index contributed by atoms with van der Waals surface area (Å²) in [6, 6.07) is 9.61. The van der Waals surface area contributed by atoms with Gasteiger partial charge in [0, 0.05) is 43.7 Å². The summed E-state index contributed by atoms with van der Waals surface area (Å²) in [6.07, 6.45) is 6.89. The fourth-order valence-corrected chi connectivity index (χ4v) is 2.91. The van der Waals surface area contributed by atoms with Crippen LogP contribution in [0.3, 0.4) is 0 Å². The summed E-state index contributed by atoms with van der Waals surface area (Å²) < 4.78 is 1.73. The van der Waals surface area contributed by atoms with Gasteiger partial charge in [0.05, 0.1) is 11.9 Å². The van der Waals surface area contributed by atoms with Crippen LogP contribution in [0.1, 0.15) is 12.8 Å². The highest BCUT2D eigenvalue weighted by Gasteiger charge is 2.21. The second-order valence-corrected chi connectivity index (χ2v) is 5.99. The van der Waals surface area contributed by atoms with Gasteiger partial charge < -0.3 is 10.2 Å². The Morgan fingerprint density at radius 3 is 2.68 bits per heavy atom. The van der Waals surface area contributed by atoms with Crippen molar-refractivity contribution in [3.63, 3.8) is 0 Å². The molecule has 0 aliphatic carbocycles. The second-order valence-electron chi connectivity index (χ2n) is 5.99. The van der Waals surface area contributed by atoms with Gasteiger partial charge in [0.15, 0.2) is 5.82 Å². The van der Waals surface area contributed by atoms with E-state index in [2.05, 4.69) is 20.4 Å². The molecule has 126 valence electrons. The normalized spacial score (nSPS) is 14.1. The quantitative estimate of drug-likeness (QED) is 0.794. The lowest BCUT2D eigenvalue weighted by Gasteiger charge is -2.15. The van der Waals surface area contributed by atoms with E-state index < -0.39 is 0 Å². The van der Waals surface area contributed by atoms with Crippen molar-refractivity contribution in [2.45, 2.75) is 12.8 Å². The summed E-state index contributed by atoms with van der Waals surface area (Å²) >= 11 is 0. The molecule has 3 heterocycles. The maximum Gasteiger partial charge on any atom is 0.227 e. The standard InChI is InChI=1S/C18H18N6O/c1-23-12-14(11-20-23)21-16-8-9-19-18(22-16)13-4-6-15(7-5-13)24-10-2-3-17(24)25/h4-9,11-12H,2-3,10H2,1H3,(H,19,21,22). The molecule has 0 saturated carbocycles. The average molecular weight is 334 g/mol. The Morgan fingerprint density at radius 1 is 1.16 bits per heavy atom. The van der Waals surface area contributed by atoms with Crippen molar-refractivity contribution >= 4 is 23.1 Å². The molecule has 1 aromatic carbocycles. The summed E-state index contributed by atoms with van der Waals surface area (Å²) in [4.78, 5) is 22.6. The van der Waals surface area contributed by atoms with E-state index in [1.165, 1.54) is 0 Å². The molecular weight excluding hydrogens is 316 g/mol. The van der Waals surface area contributed by atoms with E-state index in [-0.39, 0.29) is 5.91 Å². The topological polar surface area (TPSA) is 75.9 Å². The van der Waals surface area contributed by atoms with Crippen LogP contribution in [0.5, 0.6) is 0 Å². The minimum absolute atomic E-state index is 0.187. The highest BCUT2D eigenvalue weighted by Crippen LogP contribution is 2.25. The maximum atomic E-state index is 11.8. The van der Waals surface area contributed by atoms with Gasteiger partial charge in [-0.15, -0.1) is 0 Å². The molecule has 0 spiro atoms. The number of aryl methyl sites for hydroxylation is 1. The molecule has 1 amide bonds. The molecule has 3 aromatic rings. The first-order valence-corrected chi connectivity index (χ1v) is 8.18. The van der Waals surface area contributed by atoms with Crippen LogP contribution in [0.15, 0.2) is 48.9 Å². The maximum absolute atomic E-state index is 11.8. The first-order valence-electron chi connectivity index (χ1n) is 8.18. The van der Waals surface area contributed by atoms with Crippen LogP contribution in [0.2, 0.25) is 0 Å². The number of nitrogens with one attached hydrogen (secondary N) is 1. The number of rotatable bonds is 4. The van der Waals surface area contributed by atoms with Crippen molar-refractivity contribution in [1.82, 2.24) is 19.7 Å². The first-order chi connectivity index (χ1) is 12.2. The Balaban J connectivity index is 1.55. The molecule has 1 aliphatic rings. The minimum atomic E-state index is 0.187. The van der Waals surface area contributed by atoms with E-state index >= 15 is 0 Å². The number of carbonyl (C=O) groups is 1. The van der Waals surface area contributed by atoms with Crippen molar-refractivity contribution in [1.29, 1.82) is 0 Å². The second kappa shape index (κ2) is 6.35. The number of amides is 1. The van der Waals surface area contributed by atoms with Crippen LogP contribution in [-0.4, -0.2) is 32.2 Å². The number of hydrogen-bond acceptors (Lipinski definition) is 5. The van der Waals surface area contributed by atoms with E-state index in [1.54, 1.807) is 17.1 Å². The van der Waals surface area contributed by atoms with Crippen molar-refractivity contribution in [2.24, 2.45) is 7.05 Å². The summed E-state index contributed by atoms with van der Waals surface area (Å²) in [5.74, 6) is 1.52. The predicted molar refractivity (Wildman–Crippen MR) is 95.5 cm³/mol. The molecule has 4 rings (SSSR count). The highest BCUT2D eigenvalue weighted by molar-refractivity contribution is 5.95. The minimum Gasteiger partial charge on any atom is -0.338 e. The molecule has 7 heteroatoms. The first kappa shape index (κ1) is 15.3. The molecule has 7 nitrogen and oxygen atoms in total. The number of aromatic nitrogens is 4. The molecular formula is C18H18N6O. The lowest BCUT2D eigenvalue weighted by atomic mass is 10.2. The van der Waals surface area contributed by atoms with Crippen LogP contribution < -0.4 is 10.2 Å². The van der Waals surface area contributed by atoms with E-state index in [0.29, 0.717) is 18.1 Å². The van der Waals surface area contributed by atoms with Gasteiger partial charge in [-0.25, -0.2) is 9.97 Å². The van der Waals surface area contributed by atoms with Crippen molar-refractivity contribution < 1.29 is 4.79 Å². The molecule has 1 saturated heterocycles. The van der Waals surface area contributed by atoms with Gasteiger partial charge >= 0.3 is 0 Å². The molecule has 0 unspecified atom stereocenters. The zero-order chi connectivity index (χ0) is 17.2. The molecule has 0 radical (unpaired) electrons. The van der Waals surface area contributed by atoms with Crippen LogP contribution in [-0.2, 0) is 11.8 Å². The van der Waals surface area contributed by atoms with E-state index in [1.807, 2.05) is 48.5 Å². The molecule has 2 aromatic heterocycles. The Bertz CT molecular complexity index is 902. The van der Waals surface area contributed by atoms with Gasteiger partial charge in [-0.3, -0.25) is 9.48 Å². The summed E-state index contributed by atoms with van der Waals surface area (Å²) in [6.45, 7) is 0.791. The molecule has 1 aliphatic heterocycles. The molecule has 1 fully saturated rings. The fourth-order valence-electron chi connectivity index (χ4n) is 2.91. The third kappa shape index (κ3) is 3.21. The number of benzene rings is 1. The monoisotopic (exact) mass is 334 g/mol. The van der Waals surface area contributed by atoms with Gasteiger partial charge in [-0.1, -0.05) is 0 Å². The van der Waals surface area contributed by atoms with E-state index in [9.17, 15) is 4.79 Å². The van der Waals surface area contributed by atoms with E-state index in [4.69, 9.17) is 0 Å². The Kier molecular flexibility index (Phi) is 3.89. The van der Waals surface area contributed by atoms with Crippen molar-refractivity contribution in [3.8, 4) is 11.4 Å². The van der Waals surface area contributed by atoms with Crippen LogP contribution in [0.4, 0.5) is 17.2 Å². The lowest BCUT2D eigenvalue weighted by molar-refractivity contribution is -0.117. The van der Waals surface area contributed by atoms with Gasteiger partial charge in [0.1, 0.15) is 5.82 Å². The number of anilines is 3. The van der Waals surface area contributed by atoms with Gasteiger partial charge in [-0.05, 0) is 36.8 Å². The average Bonchev–Trinajstić information content (AvgIpc) is 3.23. The Morgan fingerprint density at radius 2 is 2.00 bits per heavy atom. The van der Waals surface area contributed by atoms with Crippen LogP contribution >= 0.6 is 0 Å². The third-order valence-electron chi connectivity index (χ3n) is 4.14. The van der Waals surface area contributed by atoms with Gasteiger partial charge in [-0.2, -0.15) is 5.10 Å². The SMILES string of the molecule is Cn1cc(Nc2ccnc(-c3ccc(N4CCCC4=O)cc3)n2)cn1. The van der Waals surface area contributed by atoms with Crippen LogP contribution in [0, 0.1) is 0 Å². The molecule has 0 bridgehead atoms. The summed E-state index contributed by atoms with van der Waals surface area (Å²) in [5, 5.41) is 7.33. The largest absolute Gasteiger partial charge is 0.338 e. The number of carbonyl (C=O) groups excluding carboxylic acids is 1. The van der Waals surface area contributed by atoms with Gasteiger partial charge in [0.25, 0.3) is 0 Å². The smallest absolute Gasteiger partial charge is 0.227 e. The molecule has 25 heavy (non-hydrogen) atoms. The number of hydrogen-bond donors (Lipinski definition) is 1. The van der Waals surface area contributed by atoms with E-state index in [0.717, 1.165) is 29.9 Å². The lowest BCUT2D eigenvalue weighted by Crippen LogP contribution is -2.23. The van der Waals surface area contributed by atoms with Gasteiger partial charge in [0.2, 0.25) is 5.91 Å². The Hall–Kier alpha value is -3.22. The number of nitrogens with zero attached hydrogens (tertiary/aromatic N) is 5. The van der Waals surface area contributed by atoms with Crippen LogP contribution in [0.25, 0.3) is 11.4 Å². The predicted octanol–water partition coefficient (Wildman–Crippen LogP) is 2.75. The zero-order valence-corrected chi connectivity index (χ0v) is 13.9. The van der Waals surface area contributed by atoms with Crippen molar-refractivity contribution in [3.05, 3.63) is 48.9 Å². The molecule has 0 atom stereocenters. The zero-order valence-electron chi connectivity index (χ0n) is 13.9. The fraction of sp³-hybridized carbons (Fsp3) is 0.222. The summed E-state index contributed by atoms with van der Waals surface area (Å²) in [5.41, 5.74) is 2.70. The summed E-state index contributed by atoms with van der Waals surface area (Å²) in [7, 11) is 1.86. The van der Waals surface area contributed by atoms with Crippen molar-refractivity contribution in [2.75, 3.05) is 16.8 Å². The third-order valence-corrected chi connectivity index (χ3v) is 4.14. The Labute approximate surface area is 145 Å².